The van der Waals surface area contributed by atoms with E-state index in [1.165, 1.54) is 18.2 Å². The molecule has 2 aromatic rings. The number of ketones is 1. The molecule has 2 atom stereocenters. The molecule has 0 saturated heterocycles. The third-order valence-corrected chi connectivity index (χ3v) is 4.58. The first-order valence-corrected chi connectivity index (χ1v) is 8.07. The van der Waals surface area contributed by atoms with Gasteiger partial charge in [-0.2, -0.15) is 18.2 Å². The molecule has 1 aliphatic carbocycles. The number of nitrogens with zero attached hydrogens (tertiary/aromatic N) is 3. The van der Waals surface area contributed by atoms with E-state index in [2.05, 4.69) is 15.4 Å². The number of nitrogens with one attached hydrogen (secondary N) is 1. The molecule has 5 nitrogen and oxygen atoms in total. The lowest BCUT2D eigenvalue weighted by Crippen LogP contribution is -2.34. The Balaban J connectivity index is 1.94. The molecule has 2 aliphatic rings. The van der Waals surface area contributed by atoms with Crippen molar-refractivity contribution in [2.45, 2.75) is 32.0 Å². The number of anilines is 1. The molecule has 1 N–H and O–H groups in total. The Morgan fingerprint density at radius 2 is 1.96 bits per heavy atom. The Morgan fingerprint density at radius 1 is 1.23 bits per heavy atom. The Hall–Kier alpha value is -2.71. The number of carbonyl (C=O) groups is 1. The number of rotatable bonds is 1. The number of carbonyl (C=O) groups excluding carboxylic acids is 1. The highest BCUT2D eigenvalue weighted by molar-refractivity contribution is 5.99. The summed E-state index contributed by atoms with van der Waals surface area (Å²) in [4.78, 5) is 16.2. The van der Waals surface area contributed by atoms with E-state index in [0.717, 1.165) is 4.68 Å². The summed E-state index contributed by atoms with van der Waals surface area (Å²) in [6.07, 6.45) is -4.02. The van der Waals surface area contributed by atoms with Gasteiger partial charge in [0.05, 0.1) is 0 Å². The molecule has 136 valence electrons. The van der Waals surface area contributed by atoms with Crippen LogP contribution in [0.15, 0.2) is 35.5 Å². The molecule has 9 heteroatoms. The van der Waals surface area contributed by atoms with Gasteiger partial charge in [0.2, 0.25) is 5.95 Å². The summed E-state index contributed by atoms with van der Waals surface area (Å²) >= 11 is 0. The number of Topliss-reactive ketones (excluding diaryl/α,β-unsaturated/α-hetero) is 1. The fourth-order valence-electron chi connectivity index (χ4n) is 3.51. The molecule has 0 amide bonds. The van der Waals surface area contributed by atoms with Crippen LogP contribution in [0.25, 0.3) is 0 Å². The number of allylic oxidation sites excluding steroid dienone is 2. The van der Waals surface area contributed by atoms with Gasteiger partial charge in [-0.1, -0.05) is 25.1 Å². The highest BCUT2D eigenvalue weighted by Gasteiger charge is 2.43. The maximum absolute atomic E-state index is 14.4. The molecule has 26 heavy (non-hydrogen) atoms. The molecule has 1 aromatic carbocycles. The molecule has 1 aromatic heterocycles. The van der Waals surface area contributed by atoms with Crippen LogP contribution in [-0.4, -0.2) is 20.5 Å². The van der Waals surface area contributed by atoms with Crippen LogP contribution in [0.5, 0.6) is 0 Å². The lowest BCUT2D eigenvalue weighted by atomic mass is 9.81. The zero-order chi connectivity index (χ0) is 18.6. The maximum atomic E-state index is 14.4. The summed E-state index contributed by atoms with van der Waals surface area (Å²) in [7, 11) is 0. The smallest absolute Gasteiger partial charge is 0.328 e. The molecule has 0 spiro atoms. The van der Waals surface area contributed by atoms with E-state index >= 15 is 0 Å². The van der Waals surface area contributed by atoms with Crippen LogP contribution in [0.3, 0.4) is 0 Å². The van der Waals surface area contributed by atoms with Crippen LogP contribution >= 0.6 is 0 Å². The van der Waals surface area contributed by atoms with Crippen molar-refractivity contribution in [1.82, 2.24) is 14.8 Å². The minimum Gasteiger partial charge on any atom is -0.328 e. The normalized spacial score (nSPS) is 22.7. The summed E-state index contributed by atoms with van der Waals surface area (Å²) in [6, 6.07) is 4.61. The minimum absolute atomic E-state index is 0.0339. The van der Waals surface area contributed by atoms with E-state index in [-0.39, 0.29) is 35.2 Å². The lowest BCUT2D eigenvalue weighted by molar-refractivity contribution is -0.145. The molecule has 0 unspecified atom stereocenters. The van der Waals surface area contributed by atoms with Crippen molar-refractivity contribution < 1.29 is 22.4 Å². The third kappa shape index (κ3) is 2.58. The molecule has 0 saturated carbocycles. The number of aromatic nitrogens is 3. The number of alkyl halides is 3. The highest BCUT2D eigenvalue weighted by Crippen LogP contribution is 2.42. The Bertz CT molecular complexity index is 931. The molecule has 1 aliphatic heterocycles. The first kappa shape index (κ1) is 16.7. The lowest BCUT2D eigenvalue weighted by Gasteiger charge is -2.34. The SMILES string of the molecule is C[C@H]1CC(=O)C2=C(C1)Nc1nc(C(F)(F)F)nn1[C@H]2c1ccccc1F. The predicted molar refractivity (Wildman–Crippen MR) is 83.6 cm³/mol. The van der Waals surface area contributed by atoms with Crippen LogP contribution in [0.1, 0.15) is 37.2 Å². The zero-order valence-electron chi connectivity index (χ0n) is 13.6. The number of benzene rings is 1. The first-order valence-electron chi connectivity index (χ1n) is 8.07. The van der Waals surface area contributed by atoms with Gasteiger partial charge >= 0.3 is 6.18 Å². The average molecular weight is 366 g/mol. The van der Waals surface area contributed by atoms with Crippen LogP contribution in [0.2, 0.25) is 0 Å². The first-order chi connectivity index (χ1) is 12.3. The van der Waals surface area contributed by atoms with E-state index in [1.54, 1.807) is 6.07 Å². The fraction of sp³-hybridized carbons (Fsp3) is 0.353. The Kier molecular flexibility index (Phi) is 3.64. The second kappa shape index (κ2) is 5.65. The highest BCUT2D eigenvalue weighted by atomic mass is 19.4. The Labute approximate surface area is 145 Å². The number of hydrogen-bond donors (Lipinski definition) is 1. The van der Waals surface area contributed by atoms with E-state index in [0.29, 0.717) is 12.1 Å². The molecule has 0 bridgehead atoms. The van der Waals surface area contributed by atoms with Crippen LogP contribution in [0, 0.1) is 11.7 Å². The molecule has 0 radical (unpaired) electrons. The summed E-state index contributed by atoms with van der Waals surface area (Å²) in [5.74, 6) is -2.29. The quantitative estimate of drug-likeness (QED) is 0.782. The predicted octanol–water partition coefficient (Wildman–Crippen LogP) is 3.70. The van der Waals surface area contributed by atoms with Gasteiger partial charge in [0, 0.05) is 23.3 Å². The van der Waals surface area contributed by atoms with Gasteiger partial charge < -0.3 is 5.32 Å². The summed E-state index contributed by atoms with van der Waals surface area (Å²) in [5.41, 5.74) is 0.819. The second-order valence-corrected chi connectivity index (χ2v) is 6.58. The number of halogens is 4. The van der Waals surface area contributed by atoms with Gasteiger partial charge in [0.15, 0.2) is 5.78 Å². The molecular weight excluding hydrogens is 352 g/mol. The summed E-state index contributed by atoms with van der Waals surface area (Å²) in [6.45, 7) is 1.88. The van der Waals surface area contributed by atoms with Crippen LogP contribution < -0.4 is 5.32 Å². The third-order valence-electron chi connectivity index (χ3n) is 4.58. The number of hydrogen-bond acceptors (Lipinski definition) is 4. The zero-order valence-corrected chi connectivity index (χ0v) is 13.6. The van der Waals surface area contributed by atoms with Gasteiger partial charge in [0.1, 0.15) is 11.9 Å². The summed E-state index contributed by atoms with van der Waals surface area (Å²) in [5, 5.41) is 6.33. The average Bonchev–Trinajstić information content (AvgIpc) is 2.97. The standard InChI is InChI=1S/C17H14F4N4O/c1-8-6-11-13(12(26)7-8)14(9-4-2-3-5-10(9)18)25-16(22-11)23-15(24-25)17(19,20)21/h2-5,8,14H,6-7H2,1H3,(H,22,23,24)/t8-,14+/m1/s1. The van der Waals surface area contributed by atoms with E-state index in [9.17, 15) is 22.4 Å². The largest absolute Gasteiger partial charge is 0.453 e. The van der Waals surface area contributed by atoms with Gasteiger partial charge in [-0.25, -0.2) is 9.07 Å². The molecule has 0 fully saturated rings. The van der Waals surface area contributed by atoms with Gasteiger partial charge in [-0.3, -0.25) is 4.79 Å². The van der Waals surface area contributed by atoms with Crippen molar-refractivity contribution in [3.8, 4) is 0 Å². The van der Waals surface area contributed by atoms with E-state index in [4.69, 9.17) is 0 Å². The van der Waals surface area contributed by atoms with Crippen molar-refractivity contribution in [2.75, 3.05) is 5.32 Å². The van der Waals surface area contributed by atoms with Gasteiger partial charge in [-0.05, 0) is 18.4 Å². The van der Waals surface area contributed by atoms with Crippen molar-refractivity contribution >= 4 is 11.7 Å². The van der Waals surface area contributed by atoms with Crippen molar-refractivity contribution in [2.24, 2.45) is 5.92 Å². The second-order valence-electron chi connectivity index (χ2n) is 6.58. The van der Waals surface area contributed by atoms with Crippen molar-refractivity contribution in [1.29, 1.82) is 0 Å². The van der Waals surface area contributed by atoms with Crippen LogP contribution in [0.4, 0.5) is 23.5 Å². The topological polar surface area (TPSA) is 59.8 Å². The number of fused-ring (bicyclic) bond motifs is 1. The molecular formula is C17H14F4N4O. The van der Waals surface area contributed by atoms with Crippen molar-refractivity contribution in [3.05, 3.63) is 52.7 Å². The molecule has 2 heterocycles. The van der Waals surface area contributed by atoms with Gasteiger partial charge in [0.25, 0.3) is 5.82 Å². The van der Waals surface area contributed by atoms with Crippen molar-refractivity contribution in [3.63, 3.8) is 0 Å². The molecule has 4 rings (SSSR count). The summed E-state index contributed by atoms with van der Waals surface area (Å²) < 4.78 is 54.6. The van der Waals surface area contributed by atoms with Crippen LogP contribution in [-0.2, 0) is 11.0 Å². The van der Waals surface area contributed by atoms with E-state index < -0.39 is 23.9 Å². The fourth-order valence-corrected chi connectivity index (χ4v) is 3.51. The minimum atomic E-state index is -4.75. The van der Waals surface area contributed by atoms with Gasteiger partial charge in [-0.15, -0.1) is 5.10 Å². The maximum Gasteiger partial charge on any atom is 0.453 e. The Morgan fingerprint density at radius 3 is 2.65 bits per heavy atom. The van der Waals surface area contributed by atoms with E-state index in [1.807, 2.05) is 6.92 Å². The monoisotopic (exact) mass is 366 g/mol.